The number of amides is 1. The highest BCUT2D eigenvalue weighted by Crippen LogP contribution is 2.30. The molecule has 1 amide bonds. The summed E-state index contributed by atoms with van der Waals surface area (Å²) in [5, 5.41) is 7.60. The number of piperidine rings is 1. The van der Waals surface area contributed by atoms with E-state index in [4.69, 9.17) is 0 Å². The lowest BCUT2D eigenvalue weighted by Crippen LogP contribution is -2.40. The standard InChI is InChI=1S/C22H30N4O2S/c1-16-6-2-5-9-19(16)26-20(23-24-22(26)28)14-17-10-12-25(13-11-17)21(27)15-29-18-7-3-4-8-18/h2,5-6,9,17-18H,3-4,7-8,10-15H2,1H3,(H,24,28). The van der Waals surface area contributed by atoms with E-state index in [9.17, 15) is 9.59 Å². The van der Waals surface area contributed by atoms with Gasteiger partial charge in [0.05, 0.1) is 11.4 Å². The van der Waals surface area contributed by atoms with Crippen molar-refractivity contribution >= 4 is 17.7 Å². The highest BCUT2D eigenvalue weighted by atomic mass is 32.2. The Morgan fingerprint density at radius 2 is 1.90 bits per heavy atom. The van der Waals surface area contributed by atoms with E-state index in [1.54, 1.807) is 4.57 Å². The average molecular weight is 415 g/mol. The van der Waals surface area contributed by atoms with Crippen molar-refractivity contribution in [3.8, 4) is 5.69 Å². The van der Waals surface area contributed by atoms with Gasteiger partial charge < -0.3 is 4.90 Å². The molecular weight excluding hydrogens is 384 g/mol. The van der Waals surface area contributed by atoms with Crippen molar-refractivity contribution in [2.24, 2.45) is 5.92 Å². The largest absolute Gasteiger partial charge is 0.347 e. The van der Waals surface area contributed by atoms with Crippen LogP contribution in [0, 0.1) is 12.8 Å². The topological polar surface area (TPSA) is 71.0 Å². The van der Waals surface area contributed by atoms with Crippen LogP contribution in [-0.4, -0.2) is 49.7 Å². The van der Waals surface area contributed by atoms with Gasteiger partial charge in [-0.2, -0.15) is 5.10 Å². The summed E-state index contributed by atoms with van der Waals surface area (Å²) in [6.07, 6.45) is 7.86. The molecule has 29 heavy (non-hydrogen) atoms. The van der Waals surface area contributed by atoms with Crippen LogP contribution in [0.3, 0.4) is 0 Å². The molecule has 1 saturated carbocycles. The molecule has 2 aromatic rings. The molecule has 2 fully saturated rings. The second-order valence-electron chi connectivity index (χ2n) is 8.31. The Kier molecular flexibility index (Phi) is 6.43. The number of aryl methyl sites for hydroxylation is 1. The maximum atomic E-state index is 12.5. The minimum atomic E-state index is -0.189. The molecule has 7 heteroatoms. The van der Waals surface area contributed by atoms with E-state index in [2.05, 4.69) is 10.2 Å². The van der Waals surface area contributed by atoms with Gasteiger partial charge in [0.1, 0.15) is 5.82 Å². The Morgan fingerprint density at radius 3 is 2.62 bits per heavy atom. The summed E-state index contributed by atoms with van der Waals surface area (Å²) in [6, 6.07) is 7.88. The first-order chi connectivity index (χ1) is 14.1. The molecule has 1 aliphatic heterocycles. The van der Waals surface area contributed by atoms with E-state index in [1.165, 1.54) is 25.7 Å². The van der Waals surface area contributed by atoms with Gasteiger partial charge in [-0.1, -0.05) is 31.0 Å². The molecule has 1 aliphatic carbocycles. The Morgan fingerprint density at radius 1 is 1.17 bits per heavy atom. The van der Waals surface area contributed by atoms with Gasteiger partial charge in [-0.15, -0.1) is 11.8 Å². The van der Waals surface area contributed by atoms with Crippen LogP contribution in [0.15, 0.2) is 29.1 Å². The fourth-order valence-electron chi connectivity index (χ4n) is 4.51. The fourth-order valence-corrected chi connectivity index (χ4v) is 5.74. The number of carbonyl (C=O) groups is 1. The van der Waals surface area contributed by atoms with Gasteiger partial charge in [0.2, 0.25) is 5.91 Å². The lowest BCUT2D eigenvalue weighted by molar-refractivity contribution is -0.129. The molecule has 0 atom stereocenters. The van der Waals surface area contributed by atoms with Gasteiger partial charge >= 0.3 is 5.69 Å². The molecule has 156 valence electrons. The first kappa shape index (κ1) is 20.3. The molecule has 0 radical (unpaired) electrons. The monoisotopic (exact) mass is 414 g/mol. The molecule has 1 aromatic heterocycles. The Labute approximate surface area is 176 Å². The van der Waals surface area contributed by atoms with Crippen LogP contribution in [0.25, 0.3) is 5.69 Å². The summed E-state index contributed by atoms with van der Waals surface area (Å²) in [7, 11) is 0. The van der Waals surface area contributed by atoms with Gasteiger partial charge in [-0.25, -0.2) is 14.5 Å². The molecule has 0 bridgehead atoms. The smallest absolute Gasteiger partial charge is 0.342 e. The van der Waals surface area contributed by atoms with Crippen molar-refractivity contribution in [2.45, 2.75) is 57.1 Å². The Balaban J connectivity index is 1.33. The first-order valence-electron chi connectivity index (χ1n) is 10.7. The van der Waals surface area contributed by atoms with Crippen molar-refractivity contribution in [2.75, 3.05) is 18.8 Å². The van der Waals surface area contributed by atoms with Gasteiger partial charge in [0.25, 0.3) is 0 Å². The summed E-state index contributed by atoms with van der Waals surface area (Å²) >= 11 is 1.85. The van der Waals surface area contributed by atoms with E-state index in [0.717, 1.165) is 49.4 Å². The number of rotatable bonds is 6. The third-order valence-electron chi connectivity index (χ3n) is 6.28. The number of carbonyl (C=O) groups excluding carboxylic acids is 1. The third-order valence-corrected chi connectivity index (χ3v) is 7.64. The number of nitrogens with zero attached hydrogens (tertiary/aromatic N) is 3. The molecule has 2 heterocycles. The lowest BCUT2D eigenvalue weighted by Gasteiger charge is -2.32. The van der Waals surface area contributed by atoms with Crippen LogP contribution in [0.2, 0.25) is 0 Å². The van der Waals surface area contributed by atoms with Crippen LogP contribution in [0.4, 0.5) is 0 Å². The number of aromatic nitrogens is 3. The number of nitrogens with one attached hydrogen (secondary N) is 1. The van der Waals surface area contributed by atoms with Gasteiger partial charge in [0.15, 0.2) is 0 Å². The van der Waals surface area contributed by atoms with E-state index < -0.39 is 0 Å². The highest BCUT2D eigenvalue weighted by Gasteiger charge is 2.26. The first-order valence-corrected chi connectivity index (χ1v) is 11.8. The maximum absolute atomic E-state index is 12.5. The predicted molar refractivity (Wildman–Crippen MR) is 117 cm³/mol. The zero-order chi connectivity index (χ0) is 20.2. The molecule has 1 aromatic carbocycles. The zero-order valence-electron chi connectivity index (χ0n) is 17.1. The predicted octanol–water partition coefficient (Wildman–Crippen LogP) is 3.33. The Bertz CT molecular complexity index is 892. The Hall–Kier alpha value is -2.02. The van der Waals surface area contributed by atoms with Crippen LogP contribution >= 0.6 is 11.8 Å². The van der Waals surface area contributed by atoms with Crippen molar-refractivity contribution in [3.63, 3.8) is 0 Å². The minimum Gasteiger partial charge on any atom is -0.342 e. The third kappa shape index (κ3) is 4.77. The van der Waals surface area contributed by atoms with Crippen molar-refractivity contribution < 1.29 is 4.79 Å². The molecule has 4 rings (SSSR count). The second-order valence-corrected chi connectivity index (χ2v) is 9.60. The number of hydrogen-bond donors (Lipinski definition) is 1. The number of aromatic amines is 1. The number of benzene rings is 1. The summed E-state index contributed by atoms with van der Waals surface area (Å²) in [5.41, 5.74) is 1.75. The van der Waals surface area contributed by atoms with Crippen molar-refractivity contribution in [1.29, 1.82) is 0 Å². The SMILES string of the molecule is Cc1ccccc1-n1c(CC2CCN(C(=O)CSC3CCCC3)CC2)n[nH]c1=O. The number of hydrogen-bond acceptors (Lipinski definition) is 4. The van der Waals surface area contributed by atoms with Crippen molar-refractivity contribution in [1.82, 2.24) is 19.7 Å². The fraction of sp³-hybridized carbons (Fsp3) is 0.591. The molecule has 6 nitrogen and oxygen atoms in total. The summed E-state index contributed by atoms with van der Waals surface area (Å²) in [5.74, 6) is 2.14. The molecule has 0 spiro atoms. The van der Waals surface area contributed by atoms with Crippen LogP contribution in [-0.2, 0) is 11.2 Å². The van der Waals surface area contributed by atoms with Crippen LogP contribution in [0.5, 0.6) is 0 Å². The minimum absolute atomic E-state index is 0.189. The number of para-hydroxylation sites is 1. The van der Waals surface area contributed by atoms with E-state index >= 15 is 0 Å². The quantitative estimate of drug-likeness (QED) is 0.787. The van der Waals surface area contributed by atoms with E-state index in [-0.39, 0.29) is 11.6 Å². The number of thioether (sulfide) groups is 1. The molecule has 2 aliphatic rings. The van der Waals surface area contributed by atoms with E-state index in [0.29, 0.717) is 16.9 Å². The highest BCUT2D eigenvalue weighted by molar-refractivity contribution is 8.00. The summed E-state index contributed by atoms with van der Waals surface area (Å²) in [6.45, 7) is 3.63. The molecule has 1 N–H and O–H groups in total. The van der Waals surface area contributed by atoms with Crippen molar-refractivity contribution in [3.05, 3.63) is 46.1 Å². The summed E-state index contributed by atoms with van der Waals surface area (Å²) < 4.78 is 1.70. The maximum Gasteiger partial charge on any atom is 0.347 e. The summed E-state index contributed by atoms with van der Waals surface area (Å²) in [4.78, 5) is 26.9. The number of likely N-dealkylation sites (tertiary alicyclic amines) is 1. The van der Waals surface area contributed by atoms with Crippen LogP contribution < -0.4 is 5.69 Å². The van der Waals surface area contributed by atoms with Crippen LogP contribution in [0.1, 0.15) is 49.9 Å². The second kappa shape index (κ2) is 9.20. The van der Waals surface area contributed by atoms with E-state index in [1.807, 2.05) is 47.9 Å². The molecular formula is C22H30N4O2S. The number of H-pyrrole nitrogens is 1. The normalized spacial score (nSPS) is 18.4. The molecule has 0 unspecified atom stereocenters. The van der Waals surface area contributed by atoms with Gasteiger partial charge in [-0.3, -0.25) is 4.79 Å². The lowest BCUT2D eigenvalue weighted by atomic mass is 9.93. The zero-order valence-corrected chi connectivity index (χ0v) is 17.9. The van der Waals surface area contributed by atoms with Gasteiger partial charge in [-0.05, 0) is 50.2 Å². The average Bonchev–Trinajstić information content (AvgIpc) is 3.37. The van der Waals surface area contributed by atoms with Gasteiger partial charge in [0, 0.05) is 24.8 Å². The molecule has 1 saturated heterocycles.